The lowest BCUT2D eigenvalue weighted by atomic mass is 10.1. The molecule has 5 nitrogen and oxygen atoms in total. The van der Waals surface area contributed by atoms with Gasteiger partial charge in [-0.1, -0.05) is 12.1 Å². The van der Waals surface area contributed by atoms with Crippen LogP contribution in [0.1, 0.15) is 45.8 Å². The summed E-state index contributed by atoms with van der Waals surface area (Å²) >= 11 is 0. The average molecular weight is 311 g/mol. The van der Waals surface area contributed by atoms with Crippen molar-refractivity contribution in [3.63, 3.8) is 0 Å². The number of aryl methyl sites for hydroxylation is 2. The average Bonchev–Trinajstić information content (AvgIpc) is 2.50. The topological polar surface area (TPSA) is 71.1 Å². The van der Waals surface area contributed by atoms with Crippen LogP contribution < -0.4 is 10.6 Å². The van der Waals surface area contributed by atoms with E-state index >= 15 is 0 Å². The van der Waals surface area contributed by atoms with Crippen molar-refractivity contribution < 1.29 is 9.59 Å². The zero-order valence-corrected chi connectivity index (χ0v) is 13.8. The summed E-state index contributed by atoms with van der Waals surface area (Å²) in [5.74, 6) is -0.555. The molecular weight excluding hydrogens is 290 g/mol. The minimum atomic E-state index is -0.290. The molecule has 2 amide bonds. The number of hydrogen-bond donors (Lipinski definition) is 2. The molecule has 23 heavy (non-hydrogen) atoms. The Hall–Kier alpha value is -2.69. The zero-order valence-electron chi connectivity index (χ0n) is 13.8. The van der Waals surface area contributed by atoms with E-state index in [2.05, 4.69) is 15.6 Å². The Balaban J connectivity index is 2.20. The number of nitrogens with zero attached hydrogens (tertiary/aromatic N) is 1. The highest BCUT2D eigenvalue weighted by molar-refractivity contribution is 6.06. The summed E-state index contributed by atoms with van der Waals surface area (Å²) in [6, 6.07) is 8.97. The van der Waals surface area contributed by atoms with Gasteiger partial charge in [0, 0.05) is 23.5 Å². The fourth-order valence-corrected chi connectivity index (χ4v) is 2.10. The lowest BCUT2D eigenvalue weighted by molar-refractivity contribution is 0.0938. The largest absolute Gasteiger partial charge is 0.349 e. The molecule has 2 aromatic rings. The molecule has 1 aromatic carbocycles. The molecule has 0 fully saturated rings. The second kappa shape index (κ2) is 7.05. The van der Waals surface area contributed by atoms with Crippen molar-refractivity contribution in [3.8, 4) is 0 Å². The van der Waals surface area contributed by atoms with E-state index in [1.807, 2.05) is 45.9 Å². The van der Waals surface area contributed by atoms with E-state index in [-0.39, 0.29) is 23.6 Å². The zero-order chi connectivity index (χ0) is 17.0. The summed E-state index contributed by atoms with van der Waals surface area (Å²) in [5.41, 5.74) is 3.44. The third-order valence-electron chi connectivity index (χ3n) is 3.32. The van der Waals surface area contributed by atoms with Gasteiger partial charge in [0.25, 0.3) is 11.8 Å². The summed E-state index contributed by atoms with van der Waals surface area (Å²) in [7, 11) is 0. The molecule has 0 aliphatic carbocycles. The molecule has 0 bridgehead atoms. The highest BCUT2D eigenvalue weighted by Crippen LogP contribution is 2.17. The first-order valence-corrected chi connectivity index (χ1v) is 7.52. The Kier molecular flexibility index (Phi) is 5.11. The van der Waals surface area contributed by atoms with Gasteiger partial charge < -0.3 is 10.6 Å². The van der Waals surface area contributed by atoms with Crippen LogP contribution in [0.3, 0.4) is 0 Å². The molecule has 2 N–H and O–H groups in total. The van der Waals surface area contributed by atoms with Gasteiger partial charge in [0.15, 0.2) is 0 Å². The minimum Gasteiger partial charge on any atom is -0.349 e. The molecule has 1 heterocycles. The van der Waals surface area contributed by atoms with E-state index in [0.717, 1.165) is 16.8 Å². The standard InChI is InChI=1S/C18H21N3O2/c1-11(2)20-18(23)16-10-14(7-8-19-16)17(22)21-15-9-12(3)5-6-13(15)4/h5-11H,1-4H3,(H,20,23)(H,21,22). The second-order valence-electron chi connectivity index (χ2n) is 5.83. The molecule has 0 aliphatic heterocycles. The Morgan fingerprint density at radius 1 is 1.04 bits per heavy atom. The third-order valence-corrected chi connectivity index (χ3v) is 3.32. The molecule has 0 aliphatic rings. The van der Waals surface area contributed by atoms with Gasteiger partial charge in [-0.15, -0.1) is 0 Å². The van der Waals surface area contributed by atoms with Crippen LogP contribution >= 0.6 is 0 Å². The first-order valence-electron chi connectivity index (χ1n) is 7.52. The van der Waals surface area contributed by atoms with Gasteiger partial charge in [-0.05, 0) is 57.0 Å². The normalized spacial score (nSPS) is 10.5. The van der Waals surface area contributed by atoms with Crippen molar-refractivity contribution >= 4 is 17.5 Å². The summed E-state index contributed by atoms with van der Waals surface area (Å²) in [6.45, 7) is 7.64. The molecule has 0 saturated heterocycles. The molecule has 0 unspecified atom stereocenters. The number of anilines is 1. The van der Waals surface area contributed by atoms with Crippen molar-refractivity contribution in [1.82, 2.24) is 10.3 Å². The first kappa shape index (κ1) is 16.7. The Morgan fingerprint density at radius 2 is 1.78 bits per heavy atom. The number of pyridine rings is 1. The number of nitrogens with one attached hydrogen (secondary N) is 2. The molecule has 120 valence electrons. The quantitative estimate of drug-likeness (QED) is 0.911. The summed E-state index contributed by atoms with van der Waals surface area (Å²) < 4.78 is 0. The highest BCUT2D eigenvalue weighted by Gasteiger charge is 2.13. The first-order chi connectivity index (χ1) is 10.9. The van der Waals surface area contributed by atoms with E-state index in [4.69, 9.17) is 0 Å². The minimum absolute atomic E-state index is 0.0109. The van der Waals surface area contributed by atoms with Crippen LogP contribution in [0.4, 0.5) is 5.69 Å². The summed E-state index contributed by atoms with van der Waals surface area (Å²) in [6.07, 6.45) is 1.47. The predicted molar refractivity (Wildman–Crippen MR) is 90.7 cm³/mol. The van der Waals surface area contributed by atoms with E-state index < -0.39 is 0 Å². The smallest absolute Gasteiger partial charge is 0.270 e. The second-order valence-corrected chi connectivity index (χ2v) is 5.83. The number of hydrogen-bond acceptors (Lipinski definition) is 3. The van der Waals surface area contributed by atoms with Crippen LogP contribution in [-0.2, 0) is 0 Å². The van der Waals surface area contributed by atoms with Gasteiger partial charge in [0.05, 0.1) is 0 Å². The Bertz CT molecular complexity index is 739. The lowest BCUT2D eigenvalue weighted by Crippen LogP contribution is -2.31. The summed E-state index contributed by atoms with van der Waals surface area (Å²) in [4.78, 5) is 28.4. The van der Waals surface area contributed by atoms with Crippen molar-refractivity contribution in [3.05, 3.63) is 58.9 Å². The van der Waals surface area contributed by atoms with E-state index in [1.54, 1.807) is 6.07 Å². The van der Waals surface area contributed by atoms with Gasteiger partial charge in [-0.25, -0.2) is 0 Å². The molecule has 0 saturated carbocycles. The Labute approximate surface area is 136 Å². The highest BCUT2D eigenvalue weighted by atomic mass is 16.2. The molecular formula is C18H21N3O2. The number of rotatable bonds is 4. The number of carbonyl (C=O) groups is 2. The van der Waals surface area contributed by atoms with Gasteiger partial charge >= 0.3 is 0 Å². The molecule has 0 atom stereocenters. The molecule has 2 rings (SSSR count). The van der Waals surface area contributed by atoms with Gasteiger partial charge in [0.2, 0.25) is 0 Å². The van der Waals surface area contributed by atoms with Crippen molar-refractivity contribution in [1.29, 1.82) is 0 Å². The number of aromatic nitrogens is 1. The predicted octanol–water partition coefficient (Wildman–Crippen LogP) is 3.09. The van der Waals surface area contributed by atoms with Crippen LogP contribution in [0.25, 0.3) is 0 Å². The van der Waals surface area contributed by atoms with Crippen molar-refractivity contribution in [2.45, 2.75) is 33.7 Å². The molecule has 5 heteroatoms. The molecule has 0 radical (unpaired) electrons. The fraction of sp³-hybridized carbons (Fsp3) is 0.278. The number of carbonyl (C=O) groups excluding carboxylic acids is 2. The maximum Gasteiger partial charge on any atom is 0.270 e. The maximum atomic E-state index is 12.4. The van der Waals surface area contributed by atoms with Crippen molar-refractivity contribution in [2.75, 3.05) is 5.32 Å². The molecule has 1 aromatic heterocycles. The number of amides is 2. The van der Waals surface area contributed by atoms with Crippen LogP contribution in [0.2, 0.25) is 0 Å². The fourth-order valence-electron chi connectivity index (χ4n) is 2.10. The van der Waals surface area contributed by atoms with Crippen LogP contribution in [0.5, 0.6) is 0 Å². The van der Waals surface area contributed by atoms with Gasteiger partial charge in [0.1, 0.15) is 5.69 Å². The van der Waals surface area contributed by atoms with Gasteiger partial charge in [-0.3, -0.25) is 14.6 Å². The summed E-state index contributed by atoms with van der Waals surface area (Å²) in [5, 5.41) is 5.63. The number of benzene rings is 1. The van der Waals surface area contributed by atoms with Crippen LogP contribution in [0, 0.1) is 13.8 Å². The SMILES string of the molecule is Cc1ccc(C)c(NC(=O)c2ccnc(C(=O)NC(C)C)c2)c1. The van der Waals surface area contributed by atoms with E-state index in [1.165, 1.54) is 12.3 Å². The van der Waals surface area contributed by atoms with Crippen LogP contribution in [-0.4, -0.2) is 22.8 Å². The van der Waals surface area contributed by atoms with Crippen LogP contribution in [0.15, 0.2) is 36.5 Å². The molecule has 0 spiro atoms. The van der Waals surface area contributed by atoms with Gasteiger partial charge in [-0.2, -0.15) is 0 Å². The van der Waals surface area contributed by atoms with E-state index in [0.29, 0.717) is 5.56 Å². The third kappa shape index (κ3) is 4.39. The van der Waals surface area contributed by atoms with Crippen molar-refractivity contribution in [2.24, 2.45) is 0 Å². The Morgan fingerprint density at radius 3 is 2.48 bits per heavy atom. The lowest BCUT2D eigenvalue weighted by Gasteiger charge is -2.11. The van der Waals surface area contributed by atoms with E-state index in [9.17, 15) is 9.59 Å². The monoisotopic (exact) mass is 311 g/mol. The maximum absolute atomic E-state index is 12.4.